The molecule has 0 unspecified atom stereocenters. The lowest BCUT2D eigenvalue weighted by Crippen LogP contribution is -2.02. The zero-order chi connectivity index (χ0) is 21.7. The molecule has 0 spiro atoms. The number of nitrogens with zero attached hydrogens (tertiary/aromatic N) is 3. The molecule has 3 aromatic heterocycles. The van der Waals surface area contributed by atoms with Gasteiger partial charge in [0.2, 0.25) is 5.95 Å². The topological polar surface area (TPSA) is 67.8 Å². The molecule has 158 valence electrons. The van der Waals surface area contributed by atoms with Crippen LogP contribution in [0.5, 0.6) is 11.5 Å². The van der Waals surface area contributed by atoms with Crippen molar-refractivity contribution >= 4 is 39.8 Å². The summed E-state index contributed by atoms with van der Waals surface area (Å²) in [6, 6.07) is 16.1. The highest BCUT2D eigenvalue weighted by Gasteiger charge is 2.29. The first-order valence-corrected chi connectivity index (χ1v) is 10.5. The van der Waals surface area contributed by atoms with Crippen molar-refractivity contribution in [2.24, 2.45) is 0 Å². The summed E-state index contributed by atoms with van der Waals surface area (Å²) in [5, 5.41) is 3.47. The van der Waals surface area contributed by atoms with Gasteiger partial charge in [0.05, 0.1) is 27.9 Å². The van der Waals surface area contributed by atoms with E-state index in [0.29, 0.717) is 17.5 Å². The molecule has 0 atom stereocenters. The second-order valence-electron chi connectivity index (χ2n) is 7.91. The molecule has 2 N–H and O–H groups in total. The third kappa shape index (κ3) is 3.28. The molecule has 1 aliphatic rings. The van der Waals surface area contributed by atoms with Crippen molar-refractivity contribution in [2.45, 2.75) is 18.9 Å². The van der Waals surface area contributed by atoms with Crippen LogP contribution in [-0.4, -0.2) is 19.5 Å². The van der Waals surface area contributed by atoms with Gasteiger partial charge in [-0.25, -0.2) is 14.4 Å². The van der Waals surface area contributed by atoms with E-state index in [-0.39, 0.29) is 5.82 Å². The first-order chi connectivity index (χ1) is 15.7. The van der Waals surface area contributed by atoms with E-state index in [4.69, 9.17) is 9.72 Å². The minimum Gasteiger partial charge on any atom is -0.457 e. The van der Waals surface area contributed by atoms with Crippen molar-refractivity contribution in [1.82, 2.24) is 19.5 Å². The highest BCUT2D eigenvalue weighted by molar-refractivity contribution is 5.92. The number of nitrogens with one attached hydrogen (secondary N) is 2. The largest absolute Gasteiger partial charge is 0.457 e. The Hall–Kier alpha value is -4.13. The lowest BCUT2D eigenvalue weighted by atomic mass is 10.3. The predicted octanol–water partition coefficient (Wildman–Crippen LogP) is 6.57. The van der Waals surface area contributed by atoms with Crippen LogP contribution < -0.4 is 10.1 Å². The monoisotopic (exact) mass is 425 g/mol. The van der Waals surface area contributed by atoms with Crippen LogP contribution in [0.25, 0.3) is 28.1 Å². The summed E-state index contributed by atoms with van der Waals surface area (Å²) < 4.78 is 21.4. The Bertz CT molecular complexity index is 1460. The molecule has 32 heavy (non-hydrogen) atoms. The van der Waals surface area contributed by atoms with Crippen LogP contribution in [-0.2, 0) is 0 Å². The number of fused-ring (bicyclic) bond motifs is 2. The number of rotatable bonds is 6. The van der Waals surface area contributed by atoms with E-state index in [1.54, 1.807) is 18.2 Å². The fourth-order valence-corrected chi connectivity index (χ4v) is 3.91. The Morgan fingerprint density at radius 1 is 1.06 bits per heavy atom. The molecule has 5 aromatic rings. The summed E-state index contributed by atoms with van der Waals surface area (Å²) in [5.74, 6) is 1.75. The minimum absolute atomic E-state index is 0.290. The Labute approximate surface area is 183 Å². The van der Waals surface area contributed by atoms with E-state index in [0.717, 1.165) is 52.2 Å². The Balaban J connectivity index is 1.39. The van der Waals surface area contributed by atoms with Crippen LogP contribution in [0, 0.1) is 5.82 Å². The van der Waals surface area contributed by atoms with Gasteiger partial charge in [0, 0.05) is 18.3 Å². The molecule has 6 rings (SSSR count). The van der Waals surface area contributed by atoms with Gasteiger partial charge in [0.1, 0.15) is 22.8 Å². The molecular formula is C25H20FN5O. The van der Waals surface area contributed by atoms with E-state index in [9.17, 15) is 4.39 Å². The molecular weight excluding hydrogens is 405 g/mol. The first kappa shape index (κ1) is 18.6. The Morgan fingerprint density at radius 3 is 2.66 bits per heavy atom. The van der Waals surface area contributed by atoms with E-state index in [1.165, 1.54) is 12.1 Å². The quantitative estimate of drug-likeness (QED) is 0.323. The maximum atomic E-state index is 13.2. The van der Waals surface area contributed by atoms with Gasteiger partial charge < -0.3 is 19.6 Å². The number of anilines is 2. The van der Waals surface area contributed by atoms with Gasteiger partial charge in [0.25, 0.3) is 0 Å². The molecule has 0 bridgehead atoms. The summed E-state index contributed by atoms with van der Waals surface area (Å²) in [4.78, 5) is 12.8. The fourth-order valence-electron chi connectivity index (χ4n) is 3.91. The SMILES string of the molecule is C=Cc1ccc2[nH]cc(Nc3nc4ccc(Oc5ccc(F)cc5)cc4n3C3CC3)c2n1. The molecule has 1 aliphatic carbocycles. The van der Waals surface area contributed by atoms with Crippen LogP contribution in [0.4, 0.5) is 16.0 Å². The molecule has 1 saturated carbocycles. The standard InChI is InChI=1S/C25H20FN5O/c1-2-16-5-11-21-24(28-16)22(14-27-21)30-25-29-20-12-10-19(13-23(20)31(25)17-6-7-17)32-18-8-3-15(26)4-9-18/h2-5,8-14,17,27H,1,6-7H2,(H,29,30). The zero-order valence-corrected chi connectivity index (χ0v) is 17.2. The average Bonchev–Trinajstić information content (AvgIpc) is 3.47. The van der Waals surface area contributed by atoms with Crippen molar-refractivity contribution in [3.05, 3.63) is 78.9 Å². The van der Waals surface area contributed by atoms with Gasteiger partial charge in [-0.1, -0.05) is 6.58 Å². The van der Waals surface area contributed by atoms with Crippen LogP contribution in [0.3, 0.4) is 0 Å². The van der Waals surface area contributed by atoms with Crippen molar-refractivity contribution in [3.8, 4) is 11.5 Å². The van der Waals surface area contributed by atoms with E-state index in [2.05, 4.69) is 26.4 Å². The van der Waals surface area contributed by atoms with Crippen LogP contribution in [0.1, 0.15) is 24.6 Å². The normalized spacial score (nSPS) is 13.5. The molecule has 2 aromatic carbocycles. The summed E-state index contributed by atoms with van der Waals surface area (Å²) >= 11 is 0. The maximum absolute atomic E-state index is 13.2. The first-order valence-electron chi connectivity index (χ1n) is 10.5. The van der Waals surface area contributed by atoms with Crippen molar-refractivity contribution < 1.29 is 9.13 Å². The molecule has 6 nitrogen and oxygen atoms in total. The van der Waals surface area contributed by atoms with E-state index in [1.807, 2.05) is 36.5 Å². The van der Waals surface area contributed by atoms with E-state index >= 15 is 0 Å². The van der Waals surface area contributed by atoms with Gasteiger partial charge in [0.15, 0.2) is 0 Å². The highest BCUT2D eigenvalue weighted by atomic mass is 19.1. The van der Waals surface area contributed by atoms with Gasteiger partial charge in [-0.15, -0.1) is 0 Å². The maximum Gasteiger partial charge on any atom is 0.208 e. The number of ether oxygens (including phenoxy) is 1. The number of benzene rings is 2. The van der Waals surface area contributed by atoms with Gasteiger partial charge in [-0.3, -0.25) is 0 Å². The molecule has 0 amide bonds. The van der Waals surface area contributed by atoms with Crippen LogP contribution in [0.15, 0.2) is 67.4 Å². The number of H-pyrrole nitrogens is 1. The minimum atomic E-state index is -0.290. The number of aromatic nitrogens is 4. The van der Waals surface area contributed by atoms with E-state index < -0.39 is 0 Å². The van der Waals surface area contributed by atoms with Crippen molar-refractivity contribution in [1.29, 1.82) is 0 Å². The van der Waals surface area contributed by atoms with Gasteiger partial charge in [-0.2, -0.15) is 0 Å². The summed E-state index contributed by atoms with van der Waals surface area (Å²) in [6.07, 6.45) is 5.86. The fraction of sp³-hybridized carbons (Fsp3) is 0.120. The van der Waals surface area contributed by atoms with Crippen molar-refractivity contribution in [3.63, 3.8) is 0 Å². The molecule has 0 saturated heterocycles. The smallest absolute Gasteiger partial charge is 0.208 e. The van der Waals surface area contributed by atoms with Crippen LogP contribution in [0.2, 0.25) is 0 Å². The Kier molecular flexibility index (Phi) is 4.21. The van der Waals surface area contributed by atoms with Gasteiger partial charge >= 0.3 is 0 Å². The third-order valence-corrected chi connectivity index (χ3v) is 5.62. The molecule has 1 fully saturated rings. The number of imidazole rings is 1. The lowest BCUT2D eigenvalue weighted by Gasteiger charge is -2.10. The highest BCUT2D eigenvalue weighted by Crippen LogP contribution is 2.42. The Morgan fingerprint density at radius 2 is 1.88 bits per heavy atom. The third-order valence-electron chi connectivity index (χ3n) is 5.62. The second kappa shape index (κ2) is 7.23. The second-order valence-corrected chi connectivity index (χ2v) is 7.91. The van der Waals surface area contributed by atoms with Gasteiger partial charge in [-0.05, 0) is 67.4 Å². The van der Waals surface area contributed by atoms with Crippen molar-refractivity contribution in [2.75, 3.05) is 5.32 Å². The predicted molar refractivity (Wildman–Crippen MR) is 124 cm³/mol. The number of hydrogen-bond acceptors (Lipinski definition) is 4. The molecule has 7 heteroatoms. The molecule has 3 heterocycles. The number of halogens is 1. The summed E-state index contributed by atoms with van der Waals surface area (Å²) in [5.41, 5.74) is 5.35. The molecule has 0 radical (unpaired) electrons. The summed E-state index contributed by atoms with van der Waals surface area (Å²) in [7, 11) is 0. The average molecular weight is 425 g/mol. The lowest BCUT2D eigenvalue weighted by molar-refractivity contribution is 0.481. The van der Waals surface area contributed by atoms with Crippen LogP contribution >= 0.6 is 0 Å². The molecule has 0 aliphatic heterocycles. The summed E-state index contributed by atoms with van der Waals surface area (Å²) in [6.45, 7) is 3.81. The number of hydrogen-bond donors (Lipinski definition) is 2. The zero-order valence-electron chi connectivity index (χ0n) is 17.2. The number of aromatic amines is 1. The number of pyridine rings is 1.